The first-order valence-electron chi connectivity index (χ1n) is 20.3. The molecule has 0 amide bonds. The van der Waals surface area contributed by atoms with Gasteiger partial charge in [0.25, 0.3) is 0 Å². The van der Waals surface area contributed by atoms with Gasteiger partial charge in [-0.25, -0.2) is 0 Å². The predicted molar refractivity (Wildman–Crippen MR) is 237 cm³/mol. The van der Waals surface area contributed by atoms with Gasteiger partial charge in [0.05, 0.1) is 0 Å². The summed E-state index contributed by atoms with van der Waals surface area (Å²) in [5, 5.41) is 5.36. The van der Waals surface area contributed by atoms with Crippen LogP contribution in [0.15, 0.2) is 109 Å². The Kier molecular flexibility index (Phi) is 11.7. The summed E-state index contributed by atoms with van der Waals surface area (Å²) in [6.45, 7) is 28.4. The van der Waals surface area contributed by atoms with Gasteiger partial charge in [-0.3, -0.25) is 0 Å². The van der Waals surface area contributed by atoms with Gasteiger partial charge in [-0.2, -0.15) is 0 Å². The van der Waals surface area contributed by atoms with Crippen LogP contribution < -0.4 is 24.8 Å². The Morgan fingerprint density at radius 1 is 0.368 bits per heavy atom. The van der Waals surface area contributed by atoms with E-state index in [1.165, 1.54) is 77.2 Å². The predicted octanol–water partition coefficient (Wildman–Crippen LogP) is 9.16. The summed E-state index contributed by atoms with van der Waals surface area (Å²) in [7, 11) is 0. The zero-order valence-electron chi connectivity index (χ0n) is 36.0. The summed E-state index contributed by atoms with van der Waals surface area (Å²) < 4.78 is 0.864. The normalized spacial score (nSPS) is 16.6. The molecule has 2 aliphatic rings. The van der Waals surface area contributed by atoms with Crippen LogP contribution in [0.25, 0.3) is 44.8 Å². The fourth-order valence-corrected chi connectivity index (χ4v) is 15.9. The number of hydrogen-bond acceptors (Lipinski definition) is 0. The molecule has 0 radical (unpaired) electrons. The third-order valence-corrected chi connectivity index (χ3v) is 19.0. The standard InChI is InChI=1S/2C27H29.2ClH.Hf/c2*1-26(2,3)24-15-23(16-25(17-24)27(4,5)6)22-13-20-11-18-9-7-8-10-19(18)12-21(20)14-22;;;/h2*7-17H,1-6H3;2*1H;/q;;;;+2/p-2. The molecule has 8 rings (SSSR count). The average molecular weight is 956 g/mol. The maximum Gasteiger partial charge on any atom is -1.00 e. The van der Waals surface area contributed by atoms with E-state index in [0.717, 1.165) is 0 Å². The number of hydrogen-bond donors (Lipinski definition) is 0. The molecule has 0 N–H and O–H groups in total. The minimum absolute atomic E-state index is 0. The Labute approximate surface area is 366 Å². The molecule has 0 nitrogen and oxygen atoms in total. The molecule has 0 fully saturated rings. The quantitative estimate of drug-likeness (QED) is 0.155. The van der Waals surface area contributed by atoms with Gasteiger partial charge in [0, 0.05) is 0 Å². The largest absolute Gasteiger partial charge is 1.00 e. The Bertz CT molecular complexity index is 2310. The SMILES string of the molecule is CC(C)(C)c1cc(C2=Cc3cc4ccccc4cc3[CH]2[Hf+2][CH]2C(c3cc(C(C)(C)C)cc(C(C)(C)C)c3)=Cc3cc4ccccc4cc32)cc(C(C)(C)C)c1.[Cl-].[Cl-]. The molecule has 3 heteroatoms. The molecule has 0 aliphatic heterocycles. The second kappa shape index (κ2) is 15.4. The van der Waals surface area contributed by atoms with Crippen LogP contribution in [-0.4, -0.2) is 0 Å². The molecular weight excluding hydrogens is 898 g/mol. The first kappa shape index (κ1) is 43.4. The average Bonchev–Trinajstić information content (AvgIpc) is 3.65. The van der Waals surface area contributed by atoms with Crippen LogP contribution in [-0.2, 0) is 44.6 Å². The maximum absolute atomic E-state index is 2.59. The van der Waals surface area contributed by atoms with E-state index in [2.05, 4.69) is 204 Å². The van der Waals surface area contributed by atoms with Crippen molar-refractivity contribution in [1.29, 1.82) is 0 Å². The molecule has 0 saturated heterocycles. The number of allylic oxidation sites excluding steroid dienone is 2. The Morgan fingerprint density at radius 3 is 0.930 bits per heavy atom. The van der Waals surface area contributed by atoms with Gasteiger partial charge < -0.3 is 24.8 Å². The smallest absolute Gasteiger partial charge is 1.00 e. The van der Waals surface area contributed by atoms with Gasteiger partial charge in [0.15, 0.2) is 0 Å². The summed E-state index contributed by atoms with van der Waals surface area (Å²) in [5.41, 5.74) is 17.8. The summed E-state index contributed by atoms with van der Waals surface area (Å²) in [4.78, 5) is 0. The number of benzene rings is 6. The van der Waals surface area contributed by atoms with Crippen molar-refractivity contribution in [2.45, 2.75) is 112 Å². The zero-order chi connectivity index (χ0) is 39.2. The molecule has 6 aromatic carbocycles. The van der Waals surface area contributed by atoms with Gasteiger partial charge in [0.2, 0.25) is 0 Å². The second-order valence-corrected chi connectivity index (χ2v) is 25.8. The third kappa shape index (κ3) is 8.46. The van der Waals surface area contributed by atoms with Gasteiger partial charge in [-0.15, -0.1) is 0 Å². The van der Waals surface area contributed by atoms with Crippen molar-refractivity contribution in [3.8, 4) is 0 Å². The van der Waals surface area contributed by atoms with Crippen LogP contribution in [0.2, 0.25) is 0 Å². The third-order valence-electron chi connectivity index (χ3n) is 12.1. The van der Waals surface area contributed by atoms with Crippen LogP contribution in [0, 0.1) is 0 Å². The summed E-state index contributed by atoms with van der Waals surface area (Å²) in [6, 6.07) is 43.1. The fraction of sp³-hybridized carbons (Fsp3) is 0.333. The molecule has 2 atom stereocenters. The molecule has 6 aromatic rings. The van der Waals surface area contributed by atoms with E-state index in [0.29, 0.717) is 7.35 Å². The minimum Gasteiger partial charge on any atom is -1.00 e. The molecule has 0 spiro atoms. The van der Waals surface area contributed by atoms with Crippen LogP contribution in [0.1, 0.15) is 146 Å². The van der Waals surface area contributed by atoms with Crippen molar-refractivity contribution in [3.63, 3.8) is 0 Å². The molecule has 2 unspecified atom stereocenters. The molecule has 0 bridgehead atoms. The molecule has 292 valence electrons. The first-order valence-corrected chi connectivity index (χ1v) is 24.5. The Balaban J connectivity index is 0.00000275. The van der Waals surface area contributed by atoms with E-state index >= 15 is 0 Å². The zero-order valence-corrected chi connectivity index (χ0v) is 41.1. The van der Waals surface area contributed by atoms with Gasteiger partial charge in [0.1, 0.15) is 0 Å². The maximum atomic E-state index is 2.59. The molecule has 0 heterocycles. The first-order chi connectivity index (χ1) is 25.7. The van der Waals surface area contributed by atoms with Crippen LogP contribution in [0.3, 0.4) is 0 Å². The van der Waals surface area contributed by atoms with E-state index in [1.54, 1.807) is 11.1 Å². The number of fused-ring (bicyclic) bond motifs is 4. The van der Waals surface area contributed by atoms with Gasteiger partial charge in [-0.1, -0.05) is 0 Å². The van der Waals surface area contributed by atoms with E-state index in [9.17, 15) is 0 Å². The fourth-order valence-electron chi connectivity index (χ4n) is 8.48. The van der Waals surface area contributed by atoms with Crippen LogP contribution in [0.5, 0.6) is 0 Å². The minimum atomic E-state index is -1.65. The monoisotopic (exact) mass is 956 g/mol. The summed E-state index contributed by atoms with van der Waals surface area (Å²) in [5.74, 6) is 0. The van der Waals surface area contributed by atoms with Gasteiger partial charge in [-0.05, 0) is 0 Å². The molecule has 2 aliphatic carbocycles. The van der Waals surface area contributed by atoms with Crippen molar-refractivity contribution in [1.82, 2.24) is 0 Å². The van der Waals surface area contributed by atoms with E-state index in [-0.39, 0.29) is 46.5 Å². The van der Waals surface area contributed by atoms with Crippen molar-refractivity contribution < 1.29 is 47.7 Å². The Morgan fingerprint density at radius 2 is 0.649 bits per heavy atom. The second-order valence-electron chi connectivity index (χ2n) is 20.5. The Hall–Kier alpha value is -3.23. The van der Waals surface area contributed by atoms with Crippen LogP contribution >= 0.6 is 0 Å². The van der Waals surface area contributed by atoms with Crippen LogP contribution in [0.4, 0.5) is 0 Å². The number of rotatable bonds is 4. The molecule has 57 heavy (non-hydrogen) atoms. The number of halogens is 2. The van der Waals surface area contributed by atoms with Crippen molar-refractivity contribution in [2.75, 3.05) is 0 Å². The van der Waals surface area contributed by atoms with Crippen molar-refractivity contribution in [3.05, 3.63) is 165 Å². The van der Waals surface area contributed by atoms with E-state index < -0.39 is 22.9 Å². The summed E-state index contributed by atoms with van der Waals surface area (Å²) in [6.07, 6.45) is 5.18. The van der Waals surface area contributed by atoms with Crippen molar-refractivity contribution in [2.24, 2.45) is 0 Å². The molecular formula is C54H58Cl2Hf. The van der Waals surface area contributed by atoms with Crippen molar-refractivity contribution >= 4 is 44.8 Å². The van der Waals surface area contributed by atoms with Gasteiger partial charge >= 0.3 is 345 Å². The molecule has 0 aromatic heterocycles. The topological polar surface area (TPSA) is 0 Å². The van der Waals surface area contributed by atoms with E-state index in [1.807, 2.05) is 0 Å². The summed E-state index contributed by atoms with van der Waals surface area (Å²) >= 11 is -1.65. The van der Waals surface area contributed by atoms with E-state index in [4.69, 9.17) is 0 Å². The molecule has 0 saturated carbocycles.